The SMILES string of the molecule is Cc1ccccc1CC(=O)OCc1cc(=O)n2cccc(C)c2n1. The molecule has 2 aromatic heterocycles. The molecule has 1 aromatic carbocycles. The molecule has 0 unspecified atom stereocenters. The van der Waals surface area contributed by atoms with Crippen LogP contribution in [0.5, 0.6) is 0 Å². The first-order valence-electron chi connectivity index (χ1n) is 7.72. The van der Waals surface area contributed by atoms with Crippen LogP contribution in [0.15, 0.2) is 53.5 Å². The standard InChI is InChI=1S/C19H18N2O3/c1-13-6-3-4-8-15(13)10-18(23)24-12-16-11-17(22)21-9-5-7-14(2)19(21)20-16/h3-9,11H,10,12H2,1-2H3. The summed E-state index contributed by atoms with van der Waals surface area (Å²) >= 11 is 0. The molecule has 5 nitrogen and oxygen atoms in total. The summed E-state index contributed by atoms with van der Waals surface area (Å²) in [5.41, 5.74) is 3.72. The maximum Gasteiger partial charge on any atom is 0.310 e. The van der Waals surface area contributed by atoms with Crippen LogP contribution in [0.1, 0.15) is 22.4 Å². The van der Waals surface area contributed by atoms with Crippen LogP contribution in [0.3, 0.4) is 0 Å². The molecule has 0 saturated carbocycles. The first-order chi connectivity index (χ1) is 11.5. The molecule has 122 valence electrons. The number of hydrogen-bond acceptors (Lipinski definition) is 4. The second-order valence-electron chi connectivity index (χ2n) is 5.73. The van der Waals surface area contributed by atoms with Gasteiger partial charge in [-0.05, 0) is 36.6 Å². The number of fused-ring (bicyclic) bond motifs is 1. The zero-order valence-corrected chi connectivity index (χ0v) is 13.7. The maximum atomic E-state index is 12.1. The Hall–Kier alpha value is -2.95. The van der Waals surface area contributed by atoms with Crippen LogP contribution in [0.25, 0.3) is 5.65 Å². The van der Waals surface area contributed by atoms with E-state index >= 15 is 0 Å². The molecule has 0 aliphatic heterocycles. The van der Waals surface area contributed by atoms with Crippen molar-refractivity contribution in [3.05, 3.63) is 81.4 Å². The van der Waals surface area contributed by atoms with Gasteiger partial charge in [-0.15, -0.1) is 0 Å². The highest BCUT2D eigenvalue weighted by molar-refractivity contribution is 5.73. The molecule has 3 rings (SSSR count). The third-order valence-corrected chi connectivity index (χ3v) is 3.92. The summed E-state index contributed by atoms with van der Waals surface area (Å²) in [5, 5.41) is 0. The van der Waals surface area contributed by atoms with Crippen molar-refractivity contribution in [2.24, 2.45) is 0 Å². The van der Waals surface area contributed by atoms with Crippen molar-refractivity contribution in [1.82, 2.24) is 9.38 Å². The lowest BCUT2D eigenvalue weighted by atomic mass is 10.1. The predicted octanol–water partition coefficient (Wildman–Crippen LogP) is 2.60. The molecule has 0 aliphatic carbocycles. The molecule has 0 amide bonds. The van der Waals surface area contributed by atoms with E-state index < -0.39 is 0 Å². The van der Waals surface area contributed by atoms with Gasteiger partial charge < -0.3 is 4.74 Å². The van der Waals surface area contributed by atoms with Crippen molar-refractivity contribution in [2.45, 2.75) is 26.9 Å². The topological polar surface area (TPSA) is 60.7 Å². The van der Waals surface area contributed by atoms with E-state index in [1.165, 1.54) is 10.5 Å². The van der Waals surface area contributed by atoms with Crippen molar-refractivity contribution >= 4 is 11.6 Å². The van der Waals surface area contributed by atoms with E-state index in [1.807, 2.05) is 44.2 Å². The van der Waals surface area contributed by atoms with Crippen molar-refractivity contribution in [3.63, 3.8) is 0 Å². The third-order valence-electron chi connectivity index (χ3n) is 3.92. The van der Waals surface area contributed by atoms with Gasteiger partial charge in [0.15, 0.2) is 0 Å². The summed E-state index contributed by atoms with van der Waals surface area (Å²) in [4.78, 5) is 28.6. The number of esters is 1. The molecule has 0 atom stereocenters. The number of rotatable bonds is 4. The zero-order valence-electron chi connectivity index (χ0n) is 13.7. The van der Waals surface area contributed by atoms with Crippen molar-refractivity contribution in [2.75, 3.05) is 0 Å². The summed E-state index contributed by atoms with van der Waals surface area (Å²) < 4.78 is 6.76. The first kappa shape index (κ1) is 15.9. The highest BCUT2D eigenvalue weighted by atomic mass is 16.5. The van der Waals surface area contributed by atoms with E-state index in [-0.39, 0.29) is 24.6 Å². The number of aromatic nitrogens is 2. The quantitative estimate of drug-likeness (QED) is 0.693. The molecule has 0 saturated heterocycles. The summed E-state index contributed by atoms with van der Waals surface area (Å²) in [6, 6.07) is 12.8. The van der Waals surface area contributed by atoms with Crippen LogP contribution in [0, 0.1) is 13.8 Å². The number of ether oxygens (including phenoxy) is 1. The van der Waals surface area contributed by atoms with Gasteiger partial charge in [0, 0.05) is 12.3 Å². The summed E-state index contributed by atoms with van der Waals surface area (Å²) in [7, 11) is 0. The van der Waals surface area contributed by atoms with E-state index in [2.05, 4.69) is 4.98 Å². The minimum Gasteiger partial charge on any atom is -0.459 e. The number of benzene rings is 1. The maximum absolute atomic E-state index is 12.1. The van der Waals surface area contributed by atoms with Gasteiger partial charge >= 0.3 is 5.97 Å². The highest BCUT2D eigenvalue weighted by Gasteiger charge is 2.09. The van der Waals surface area contributed by atoms with Crippen LogP contribution in [-0.2, 0) is 22.6 Å². The van der Waals surface area contributed by atoms with E-state index in [4.69, 9.17) is 4.74 Å². The van der Waals surface area contributed by atoms with Crippen LogP contribution in [0.2, 0.25) is 0 Å². The van der Waals surface area contributed by atoms with E-state index in [0.717, 1.165) is 16.7 Å². The van der Waals surface area contributed by atoms with E-state index in [9.17, 15) is 9.59 Å². The third kappa shape index (κ3) is 3.35. The molecule has 3 aromatic rings. The molecular formula is C19H18N2O3. The monoisotopic (exact) mass is 322 g/mol. The fourth-order valence-corrected chi connectivity index (χ4v) is 2.55. The lowest BCUT2D eigenvalue weighted by molar-refractivity contribution is -0.144. The number of carbonyl (C=O) groups is 1. The van der Waals surface area contributed by atoms with Crippen LogP contribution >= 0.6 is 0 Å². The Kier molecular flexibility index (Phi) is 4.42. The van der Waals surface area contributed by atoms with Crippen molar-refractivity contribution in [1.29, 1.82) is 0 Å². The molecule has 0 fully saturated rings. The number of hydrogen-bond donors (Lipinski definition) is 0. The molecule has 0 aliphatic rings. The van der Waals surface area contributed by atoms with Crippen molar-refractivity contribution in [3.8, 4) is 0 Å². The largest absolute Gasteiger partial charge is 0.459 e. The minimum absolute atomic E-state index is 0.00914. The van der Waals surface area contributed by atoms with E-state index in [0.29, 0.717) is 11.3 Å². The molecule has 24 heavy (non-hydrogen) atoms. The summed E-state index contributed by atoms with van der Waals surface area (Å²) in [6.07, 6.45) is 1.88. The van der Waals surface area contributed by atoms with Gasteiger partial charge in [0.25, 0.3) is 5.56 Å². The summed E-state index contributed by atoms with van der Waals surface area (Å²) in [5.74, 6) is -0.337. The van der Waals surface area contributed by atoms with Gasteiger partial charge in [-0.1, -0.05) is 30.3 Å². The zero-order chi connectivity index (χ0) is 17.1. The van der Waals surface area contributed by atoms with Crippen LogP contribution in [-0.4, -0.2) is 15.4 Å². The first-order valence-corrected chi connectivity index (χ1v) is 7.72. The van der Waals surface area contributed by atoms with Gasteiger partial charge in [0.2, 0.25) is 0 Å². The molecule has 0 N–H and O–H groups in total. The lowest BCUT2D eigenvalue weighted by Crippen LogP contribution is -2.17. The van der Waals surface area contributed by atoms with Crippen LogP contribution in [0.4, 0.5) is 0 Å². The predicted molar refractivity (Wildman–Crippen MR) is 90.9 cm³/mol. The molecule has 5 heteroatoms. The number of pyridine rings is 1. The second-order valence-corrected chi connectivity index (χ2v) is 5.73. The Morgan fingerprint density at radius 1 is 1.12 bits per heavy atom. The number of carbonyl (C=O) groups excluding carboxylic acids is 1. The molecule has 0 bridgehead atoms. The van der Waals surface area contributed by atoms with Gasteiger partial charge in [-0.2, -0.15) is 0 Å². The Bertz CT molecular complexity index is 960. The Morgan fingerprint density at radius 3 is 2.67 bits per heavy atom. The normalized spacial score (nSPS) is 10.8. The van der Waals surface area contributed by atoms with Gasteiger partial charge in [-0.3, -0.25) is 14.0 Å². The minimum atomic E-state index is -0.337. The molecule has 2 heterocycles. The highest BCUT2D eigenvalue weighted by Crippen LogP contribution is 2.10. The number of nitrogens with zero attached hydrogens (tertiary/aromatic N) is 2. The van der Waals surface area contributed by atoms with E-state index in [1.54, 1.807) is 12.3 Å². The van der Waals surface area contributed by atoms with Gasteiger partial charge in [0.05, 0.1) is 12.1 Å². The van der Waals surface area contributed by atoms with Gasteiger partial charge in [-0.25, -0.2) is 4.98 Å². The fourth-order valence-electron chi connectivity index (χ4n) is 2.55. The molecular weight excluding hydrogens is 304 g/mol. The smallest absolute Gasteiger partial charge is 0.310 e. The van der Waals surface area contributed by atoms with Crippen molar-refractivity contribution < 1.29 is 9.53 Å². The van der Waals surface area contributed by atoms with Crippen LogP contribution < -0.4 is 5.56 Å². The Morgan fingerprint density at radius 2 is 1.88 bits per heavy atom. The Balaban J connectivity index is 1.74. The number of aryl methyl sites for hydroxylation is 2. The lowest BCUT2D eigenvalue weighted by Gasteiger charge is -2.08. The fraction of sp³-hybridized carbons (Fsp3) is 0.211. The average molecular weight is 322 g/mol. The Labute approximate surface area is 139 Å². The molecule has 0 radical (unpaired) electrons. The second kappa shape index (κ2) is 6.66. The molecule has 0 spiro atoms. The van der Waals surface area contributed by atoms with Gasteiger partial charge in [0.1, 0.15) is 12.3 Å². The average Bonchev–Trinajstić information content (AvgIpc) is 2.56. The summed E-state index contributed by atoms with van der Waals surface area (Å²) in [6.45, 7) is 3.83.